The van der Waals surface area contributed by atoms with E-state index >= 15 is 0 Å². The number of hydrogen-bond donors (Lipinski definition) is 2. The maximum atomic E-state index is 11.3. The molecule has 2 aromatic carbocycles. The van der Waals surface area contributed by atoms with Crippen molar-refractivity contribution in [1.82, 2.24) is 9.97 Å². The van der Waals surface area contributed by atoms with Gasteiger partial charge in [0.25, 0.3) is 0 Å². The third-order valence-corrected chi connectivity index (χ3v) is 5.15. The molecule has 3 aromatic rings. The van der Waals surface area contributed by atoms with Crippen LogP contribution in [-0.4, -0.2) is 9.97 Å². The van der Waals surface area contributed by atoms with Crippen molar-refractivity contribution in [1.29, 1.82) is 0 Å². The van der Waals surface area contributed by atoms with Gasteiger partial charge in [-0.25, -0.2) is 4.79 Å². The van der Waals surface area contributed by atoms with E-state index in [0.717, 1.165) is 25.7 Å². The standard InChI is InChI=1S/C14H9Cl2IN2O/c15-9-5-7(1-3-10(9)17)13(16)8-2-4-11-12(6-8)19-14(20)18-11/h1-6,13H,(H2,18,19,20). The van der Waals surface area contributed by atoms with E-state index < -0.39 is 0 Å². The number of halogens is 3. The van der Waals surface area contributed by atoms with Gasteiger partial charge in [-0.1, -0.05) is 23.7 Å². The second-order valence-electron chi connectivity index (χ2n) is 4.42. The van der Waals surface area contributed by atoms with Crippen molar-refractivity contribution in [2.45, 2.75) is 5.38 Å². The molecule has 0 aliphatic carbocycles. The van der Waals surface area contributed by atoms with Gasteiger partial charge in [0.05, 0.1) is 21.4 Å². The zero-order valence-electron chi connectivity index (χ0n) is 10.1. The fourth-order valence-corrected chi connectivity index (χ4v) is 2.87. The van der Waals surface area contributed by atoms with Gasteiger partial charge in [0.2, 0.25) is 0 Å². The van der Waals surface area contributed by atoms with E-state index in [1.54, 1.807) is 0 Å². The molecular weight excluding hydrogens is 410 g/mol. The Balaban J connectivity index is 2.04. The maximum Gasteiger partial charge on any atom is 0.323 e. The lowest BCUT2D eigenvalue weighted by Gasteiger charge is -2.11. The summed E-state index contributed by atoms with van der Waals surface area (Å²) < 4.78 is 0.988. The summed E-state index contributed by atoms with van der Waals surface area (Å²) in [5.41, 5.74) is 3.12. The van der Waals surface area contributed by atoms with Crippen molar-refractivity contribution in [2.75, 3.05) is 0 Å². The molecule has 0 aliphatic heterocycles. The van der Waals surface area contributed by atoms with Gasteiger partial charge in [-0.05, 0) is 58.0 Å². The SMILES string of the molecule is O=c1[nH]c2ccc(C(Cl)c3ccc(I)c(Cl)c3)cc2[nH]1. The number of benzene rings is 2. The molecule has 0 bridgehead atoms. The van der Waals surface area contributed by atoms with Crippen LogP contribution in [0.1, 0.15) is 16.5 Å². The topological polar surface area (TPSA) is 48.6 Å². The number of hydrogen-bond acceptors (Lipinski definition) is 1. The minimum atomic E-state index is -0.313. The first-order valence-electron chi connectivity index (χ1n) is 5.85. The first-order valence-corrected chi connectivity index (χ1v) is 7.75. The van der Waals surface area contributed by atoms with Crippen molar-refractivity contribution < 1.29 is 0 Å². The van der Waals surface area contributed by atoms with Gasteiger partial charge in [0.1, 0.15) is 0 Å². The predicted octanol–water partition coefficient (Wildman–Crippen LogP) is 4.44. The lowest BCUT2D eigenvalue weighted by molar-refractivity contribution is 1.14. The van der Waals surface area contributed by atoms with E-state index in [1.807, 2.05) is 36.4 Å². The normalized spacial score (nSPS) is 12.8. The Morgan fingerprint density at radius 2 is 1.65 bits per heavy atom. The smallest absolute Gasteiger partial charge is 0.306 e. The van der Waals surface area contributed by atoms with Gasteiger partial charge in [-0.15, -0.1) is 11.6 Å². The summed E-state index contributed by atoms with van der Waals surface area (Å²) in [7, 11) is 0. The Morgan fingerprint density at radius 3 is 2.40 bits per heavy atom. The van der Waals surface area contributed by atoms with Crippen molar-refractivity contribution in [3.05, 3.63) is 66.6 Å². The van der Waals surface area contributed by atoms with Gasteiger partial charge in [-0.3, -0.25) is 0 Å². The molecule has 0 amide bonds. The van der Waals surface area contributed by atoms with Crippen molar-refractivity contribution in [3.8, 4) is 0 Å². The highest BCUT2D eigenvalue weighted by atomic mass is 127. The molecular formula is C14H9Cl2IN2O. The molecule has 3 rings (SSSR count). The molecule has 0 radical (unpaired) electrons. The quantitative estimate of drug-likeness (QED) is 0.469. The van der Waals surface area contributed by atoms with Crippen molar-refractivity contribution in [3.63, 3.8) is 0 Å². The minimum Gasteiger partial charge on any atom is -0.306 e. The van der Waals surface area contributed by atoms with Crippen LogP contribution in [0.4, 0.5) is 0 Å². The third kappa shape index (κ3) is 2.60. The summed E-state index contributed by atoms with van der Waals surface area (Å²) in [6.45, 7) is 0. The minimum absolute atomic E-state index is 0.222. The fourth-order valence-electron chi connectivity index (χ4n) is 2.07. The molecule has 0 spiro atoms. The molecule has 20 heavy (non-hydrogen) atoms. The number of imidazole rings is 1. The van der Waals surface area contributed by atoms with Crippen LogP contribution in [0, 0.1) is 3.57 Å². The first-order chi connectivity index (χ1) is 9.54. The van der Waals surface area contributed by atoms with Crippen LogP contribution in [0.2, 0.25) is 5.02 Å². The molecule has 102 valence electrons. The summed E-state index contributed by atoms with van der Waals surface area (Å²) in [5, 5.41) is 0.372. The molecule has 1 atom stereocenters. The van der Waals surface area contributed by atoms with Crippen molar-refractivity contribution >= 4 is 56.8 Å². The summed E-state index contributed by atoms with van der Waals surface area (Å²) >= 11 is 14.8. The molecule has 6 heteroatoms. The molecule has 3 nitrogen and oxygen atoms in total. The number of alkyl halides is 1. The number of H-pyrrole nitrogens is 2. The Kier molecular flexibility index (Phi) is 3.79. The van der Waals surface area contributed by atoms with Crippen LogP contribution in [0.3, 0.4) is 0 Å². The Labute approximate surface area is 138 Å². The molecule has 0 saturated heterocycles. The number of aromatic amines is 2. The first kappa shape index (κ1) is 14.0. The molecule has 0 aliphatic rings. The third-order valence-electron chi connectivity index (χ3n) is 3.07. The Bertz CT molecular complexity index is 841. The summed E-state index contributed by atoms with van der Waals surface area (Å²) in [4.78, 5) is 16.7. The van der Waals surface area contributed by atoms with E-state index in [0.29, 0.717) is 5.02 Å². The molecule has 0 fully saturated rings. The second-order valence-corrected chi connectivity index (χ2v) is 6.43. The van der Waals surface area contributed by atoms with E-state index in [2.05, 4.69) is 32.6 Å². The molecule has 1 unspecified atom stereocenters. The van der Waals surface area contributed by atoms with Gasteiger partial charge >= 0.3 is 5.69 Å². The van der Waals surface area contributed by atoms with Crippen LogP contribution in [0.5, 0.6) is 0 Å². The number of nitrogens with one attached hydrogen (secondary N) is 2. The van der Waals surface area contributed by atoms with Crippen molar-refractivity contribution in [2.24, 2.45) is 0 Å². The largest absolute Gasteiger partial charge is 0.323 e. The average molecular weight is 419 g/mol. The average Bonchev–Trinajstić information content (AvgIpc) is 2.80. The lowest BCUT2D eigenvalue weighted by atomic mass is 10.0. The Hall–Kier alpha value is -0.980. The highest BCUT2D eigenvalue weighted by Crippen LogP contribution is 2.32. The number of aromatic nitrogens is 2. The van der Waals surface area contributed by atoms with E-state index in [-0.39, 0.29) is 11.1 Å². The zero-order chi connectivity index (χ0) is 14.3. The predicted molar refractivity (Wildman–Crippen MR) is 90.8 cm³/mol. The van der Waals surface area contributed by atoms with Gasteiger partial charge < -0.3 is 9.97 Å². The van der Waals surface area contributed by atoms with Crippen LogP contribution in [0.25, 0.3) is 11.0 Å². The van der Waals surface area contributed by atoms with Gasteiger partial charge in [0, 0.05) is 3.57 Å². The fraction of sp³-hybridized carbons (Fsp3) is 0.0714. The van der Waals surface area contributed by atoms with E-state index in [9.17, 15) is 4.79 Å². The summed E-state index contributed by atoms with van der Waals surface area (Å²) in [5.74, 6) is 0. The van der Waals surface area contributed by atoms with Gasteiger partial charge in [-0.2, -0.15) is 0 Å². The highest BCUT2D eigenvalue weighted by molar-refractivity contribution is 14.1. The monoisotopic (exact) mass is 418 g/mol. The van der Waals surface area contributed by atoms with Crippen LogP contribution < -0.4 is 5.69 Å². The molecule has 1 aromatic heterocycles. The zero-order valence-corrected chi connectivity index (χ0v) is 13.8. The lowest BCUT2D eigenvalue weighted by Crippen LogP contribution is -1.99. The number of fused-ring (bicyclic) bond motifs is 1. The summed E-state index contributed by atoms with van der Waals surface area (Å²) in [6.07, 6.45) is 0. The van der Waals surface area contributed by atoms with E-state index in [1.165, 1.54) is 0 Å². The molecule has 0 saturated carbocycles. The van der Waals surface area contributed by atoms with Crippen LogP contribution in [0.15, 0.2) is 41.2 Å². The second kappa shape index (κ2) is 5.42. The maximum absolute atomic E-state index is 11.3. The van der Waals surface area contributed by atoms with Gasteiger partial charge in [0.15, 0.2) is 0 Å². The highest BCUT2D eigenvalue weighted by Gasteiger charge is 2.13. The molecule has 2 N–H and O–H groups in total. The Morgan fingerprint density at radius 1 is 1.00 bits per heavy atom. The summed E-state index contributed by atoms with van der Waals surface area (Å²) in [6, 6.07) is 11.4. The van der Waals surface area contributed by atoms with Crippen LogP contribution >= 0.6 is 45.8 Å². The van der Waals surface area contributed by atoms with E-state index in [4.69, 9.17) is 23.2 Å². The van der Waals surface area contributed by atoms with Crippen LogP contribution in [-0.2, 0) is 0 Å². The number of rotatable bonds is 2. The molecule has 1 heterocycles.